The lowest BCUT2D eigenvalue weighted by Gasteiger charge is -2.28. The normalized spacial score (nSPS) is 14.7. The second-order valence-corrected chi connectivity index (χ2v) is 4.48. The third kappa shape index (κ3) is 3.16. The molecule has 2 N–H and O–H groups in total. The monoisotopic (exact) mass is 240 g/mol. The van der Waals surface area contributed by atoms with E-state index in [0.717, 1.165) is 6.42 Å². The van der Waals surface area contributed by atoms with E-state index in [9.17, 15) is 4.39 Å². The Balaban J connectivity index is 2.97. The first-order valence-electron chi connectivity index (χ1n) is 6.02. The van der Waals surface area contributed by atoms with E-state index >= 15 is 0 Å². The maximum atomic E-state index is 14.7. The van der Waals surface area contributed by atoms with Gasteiger partial charge in [0.1, 0.15) is 5.75 Å². The zero-order valence-corrected chi connectivity index (χ0v) is 10.7. The van der Waals surface area contributed by atoms with Crippen LogP contribution < -0.4 is 10.5 Å². The van der Waals surface area contributed by atoms with Gasteiger partial charge in [-0.25, -0.2) is 4.39 Å². The summed E-state index contributed by atoms with van der Waals surface area (Å²) in [6.07, 6.45) is 4.02. The molecular formula is C13H21FN2O. The molecule has 1 heterocycles. The molecule has 1 atom stereocenters. The van der Waals surface area contributed by atoms with Crippen molar-refractivity contribution in [3.8, 4) is 5.75 Å². The Morgan fingerprint density at radius 1 is 1.47 bits per heavy atom. The Hall–Kier alpha value is -1.16. The quantitative estimate of drug-likeness (QED) is 0.831. The predicted octanol–water partition coefficient (Wildman–Crippen LogP) is 2.65. The van der Waals surface area contributed by atoms with E-state index in [-0.39, 0.29) is 12.5 Å². The van der Waals surface area contributed by atoms with Crippen LogP contribution in [-0.4, -0.2) is 18.1 Å². The van der Waals surface area contributed by atoms with Gasteiger partial charge in [-0.05, 0) is 18.4 Å². The van der Waals surface area contributed by atoms with Crippen LogP contribution in [0.25, 0.3) is 0 Å². The number of halogens is 1. The molecule has 0 aliphatic carbocycles. The van der Waals surface area contributed by atoms with Crippen molar-refractivity contribution >= 4 is 0 Å². The Morgan fingerprint density at radius 2 is 2.18 bits per heavy atom. The zero-order chi connectivity index (χ0) is 12.9. The molecule has 0 spiro atoms. The number of ether oxygens (including phenoxy) is 1. The van der Waals surface area contributed by atoms with Gasteiger partial charge in [-0.3, -0.25) is 4.98 Å². The van der Waals surface area contributed by atoms with Gasteiger partial charge in [0, 0.05) is 18.3 Å². The third-order valence-electron chi connectivity index (χ3n) is 2.88. The van der Waals surface area contributed by atoms with Crippen LogP contribution in [0.15, 0.2) is 18.5 Å². The van der Waals surface area contributed by atoms with Crippen LogP contribution in [0.2, 0.25) is 0 Å². The minimum atomic E-state index is -1.54. The molecule has 96 valence electrons. The Bertz CT molecular complexity index is 357. The molecule has 0 amide bonds. The molecule has 0 fully saturated rings. The molecule has 0 aromatic carbocycles. The van der Waals surface area contributed by atoms with Gasteiger partial charge in [-0.2, -0.15) is 0 Å². The smallest absolute Gasteiger partial charge is 0.152 e. The molecule has 1 rings (SSSR count). The lowest BCUT2D eigenvalue weighted by atomic mass is 9.86. The molecule has 1 aromatic rings. The van der Waals surface area contributed by atoms with Crippen molar-refractivity contribution in [3.05, 3.63) is 24.0 Å². The van der Waals surface area contributed by atoms with E-state index in [0.29, 0.717) is 17.9 Å². The summed E-state index contributed by atoms with van der Waals surface area (Å²) in [5.41, 5.74) is 4.49. The second kappa shape index (κ2) is 5.96. The Kier molecular flexibility index (Phi) is 4.87. The van der Waals surface area contributed by atoms with Gasteiger partial charge in [0.2, 0.25) is 0 Å². The summed E-state index contributed by atoms with van der Waals surface area (Å²) in [5.74, 6) is 0.399. The molecule has 0 saturated heterocycles. The molecule has 4 heteroatoms. The second-order valence-electron chi connectivity index (χ2n) is 4.48. The number of hydrogen-bond donors (Lipinski definition) is 1. The summed E-state index contributed by atoms with van der Waals surface area (Å²) in [7, 11) is 0. The lowest BCUT2D eigenvalue weighted by Crippen LogP contribution is -2.35. The summed E-state index contributed by atoms with van der Waals surface area (Å²) in [4.78, 5) is 4.01. The van der Waals surface area contributed by atoms with Gasteiger partial charge in [0.25, 0.3) is 0 Å². The van der Waals surface area contributed by atoms with Crippen molar-refractivity contribution in [2.24, 2.45) is 11.7 Å². The fourth-order valence-electron chi connectivity index (χ4n) is 1.63. The Labute approximate surface area is 102 Å². The number of alkyl halides is 1. The van der Waals surface area contributed by atoms with Gasteiger partial charge < -0.3 is 10.5 Å². The highest BCUT2D eigenvalue weighted by Crippen LogP contribution is 2.34. The van der Waals surface area contributed by atoms with E-state index in [2.05, 4.69) is 4.98 Å². The summed E-state index contributed by atoms with van der Waals surface area (Å²) in [6, 6.07) is 1.69. The van der Waals surface area contributed by atoms with Gasteiger partial charge in [-0.1, -0.05) is 20.8 Å². The highest BCUT2D eigenvalue weighted by Gasteiger charge is 2.34. The standard InChI is InChI=1S/C13H21FN2O/c1-4-5-17-12-6-11(7-16-8-12)13(14,9-15)10(2)3/h6-8,10H,4-5,9,15H2,1-3H3. The van der Waals surface area contributed by atoms with E-state index in [1.807, 2.05) is 20.8 Å². The zero-order valence-electron chi connectivity index (χ0n) is 10.7. The lowest BCUT2D eigenvalue weighted by molar-refractivity contribution is 0.108. The number of pyridine rings is 1. The molecule has 0 saturated carbocycles. The van der Waals surface area contributed by atoms with Gasteiger partial charge >= 0.3 is 0 Å². The molecule has 1 aromatic heterocycles. The molecule has 0 aliphatic heterocycles. The topological polar surface area (TPSA) is 48.1 Å². The summed E-state index contributed by atoms with van der Waals surface area (Å²) < 4.78 is 20.1. The van der Waals surface area contributed by atoms with Gasteiger partial charge in [0.15, 0.2) is 5.67 Å². The summed E-state index contributed by atoms with van der Waals surface area (Å²) in [6.45, 7) is 6.20. The van der Waals surface area contributed by atoms with E-state index in [1.54, 1.807) is 12.3 Å². The van der Waals surface area contributed by atoms with E-state index < -0.39 is 5.67 Å². The van der Waals surface area contributed by atoms with Crippen LogP contribution in [0.1, 0.15) is 32.8 Å². The SMILES string of the molecule is CCCOc1cncc(C(F)(CN)C(C)C)c1. The van der Waals surface area contributed by atoms with Crippen LogP contribution in [0.5, 0.6) is 5.75 Å². The number of hydrogen-bond acceptors (Lipinski definition) is 3. The van der Waals surface area contributed by atoms with Crippen molar-refractivity contribution in [1.29, 1.82) is 0 Å². The van der Waals surface area contributed by atoms with Crippen molar-refractivity contribution < 1.29 is 9.13 Å². The molecule has 0 aliphatic rings. The predicted molar refractivity (Wildman–Crippen MR) is 66.7 cm³/mol. The minimum absolute atomic E-state index is 0.0520. The summed E-state index contributed by atoms with van der Waals surface area (Å²) in [5, 5.41) is 0. The van der Waals surface area contributed by atoms with Crippen LogP contribution in [-0.2, 0) is 5.67 Å². The number of nitrogens with zero attached hydrogens (tertiary/aromatic N) is 1. The first-order chi connectivity index (χ1) is 8.04. The van der Waals surface area contributed by atoms with Crippen LogP contribution >= 0.6 is 0 Å². The molecule has 0 radical (unpaired) electrons. The minimum Gasteiger partial charge on any atom is -0.492 e. The van der Waals surface area contributed by atoms with Crippen LogP contribution in [0.3, 0.4) is 0 Å². The van der Waals surface area contributed by atoms with Crippen molar-refractivity contribution in [2.75, 3.05) is 13.2 Å². The fraction of sp³-hybridized carbons (Fsp3) is 0.615. The van der Waals surface area contributed by atoms with Gasteiger partial charge in [0.05, 0.1) is 12.8 Å². The summed E-state index contributed by atoms with van der Waals surface area (Å²) >= 11 is 0. The molecule has 1 unspecified atom stereocenters. The molecular weight excluding hydrogens is 219 g/mol. The maximum absolute atomic E-state index is 14.7. The average Bonchev–Trinajstić information content (AvgIpc) is 2.35. The number of rotatable bonds is 6. The van der Waals surface area contributed by atoms with Crippen LogP contribution in [0, 0.1) is 5.92 Å². The van der Waals surface area contributed by atoms with Crippen molar-refractivity contribution in [1.82, 2.24) is 4.98 Å². The first-order valence-corrected chi connectivity index (χ1v) is 6.02. The third-order valence-corrected chi connectivity index (χ3v) is 2.88. The largest absolute Gasteiger partial charge is 0.492 e. The van der Waals surface area contributed by atoms with Gasteiger partial charge in [-0.15, -0.1) is 0 Å². The highest BCUT2D eigenvalue weighted by atomic mass is 19.1. The Morgan fingerprint density at radius 3 is 2.71 bits per heavy atom. The van der Waals surface area contributed by atoms with Crippen molar-refractivity contribution in [3.63, 3.8) is 0 Å². The van der Waals surface area contributed by atoms with E-state index in [1.165, 1.54) is 6.20 Å². The fourth-order valence-corrected chi connectivity index (χ4v) is 1.63. The molecule has 0 bridgehead atoms. The molecule has 17 heavy (non-hydrogen) atoms. The average molecular weight is 240 g/mol. The number of aromatic nitrogens is 1. The molecule has 3 nitrogen and oxygen atoms in total. The van der Waals surface area contributed by atoms with E-state index in [4.69, 9.17) is 10.5 Å². The number of nitrogens with two attached hydrogens (primary N) is 1. The van der Waals surface area contributed by atoms with Crippen LogP contribution in [0.4, 0.5) is 4.39 Å². The first kappa shape index (κ1) is 13.9. The maximum Gasteiger partial charge on any atom is 0.152 e. The highest BCUT2D eigenvalue weighted by molar-refractivity contribution is 5.29. The van der Waals surface area contributed by atoms with Crippen molar-refractivity contribution in [2.45, 2.75) is 32.9 Å².